The van der Waals surface area contributed by atoms with Crippen LogP contribution in [0.5, 0.6) is 11.6 Å². The summed E-state index contributed by atoms with van der Waals surface area (Å²) in [5.41, 5.74) is 0. The zero-order valence-electron chi connectivity index (χ0n) is 10.3. The van der Waals surface area contributed by atoms with Crippen LogP contribution < -0.4 is 4.74 Å². The summed E-state index contributed by atoms with van der Waals surface area (Å²) in [6.45, 7) is 3.92. The maximum absolute atomic E-state index is 13.1. The van der Waals surface area contributed by atoms with Crippen molar-refractivity contribution < 1.29 is 9.13 Å². The molecule has 1 aromatic carbocycles. The van der Waals surface area contributed by atoms with Gasteiger partial charge in [-0.2, -0.15) is 4.98 Å². The molecule has 2 aromatic rings. The second kappa shape index (κ2) is 5.84. The monoisotopic (exact) mass is 344 g/mol. The van der Waals surface area contributed by atoms with Gasteiger partial charge in [0.25, 0.3) is 0 Å². The highest BCUT2D eigenvalue weighted by atomic mass is 79.9. The number of nitrogens with zero attached hydrogens (tertiary/aromatic N) is 2. The van der Waals surface area contributed by atoms with E-state index in [9.17, 15) is 4.39 Å². The molecular formula is C13H11BrClFN2O. The van der Waals surface area contributed by atoms with Crippen molar-refractivity contribution in [2.24, 2.45) is 0 Å². The van der Waals surface area contributed by atoms with Gasteiger partial charge in [0.15, 0.2) is 0 Å². The summed E-state index contributed by atoms with van der Waals surface area (Å²) < 4.78 is 19.0. The van der Waals surface area contributed by atoms with E-state index in [1.54, 1.807) is 0 Å². The Morgan fingerprint density at radius 3 is 2.63 bits per heavy atom. The lowest BCUT2D eigenvalue weighted by molar-refractivity contribution is 0.455. The van der Waals surface area contributed by atoms with Gasteiger partial charge in [0.1, 0.15) is 22.5 Å². The van der Waals surface area contributed by atoms with Crippen molar-refractivity contribution in [2.45, 2.75) is 19.8 Å². The van der Waals surface area contributed by atoms with Crippen molar-refractivity contribution in [1.82, 2.24) is 9.97 Å². The van der Waals surface area contributed by atoms with Crippen molar-refractivity contribution >= 4 is 27.5 Å². The highest BCUT2D eigenvalue weighted by molar-refractivity contribution is 9.10. The maximum Gasteiger partial charge on any atom is 0.224 e. The predicted molar refractivity (Wildman–Crippen MR) is 75.3 cm³/mol. The summed E-state index contributed by atoms with van der Waals surface area (Å²) in [5, 5.41) is 0.315. The predicted octanol–water partition coefficient (Wildman–Crippen LogP) is 4.95. The minimum atomic E-state index is -0.351. The van der Waals surface area contributed by atoms with E-state index in [-0.39, 0.29) is 11.7 Å². The first-order valence-corrected chi connectivity index (χ1v) is 6.80. The Morgan fingerprint density at radius 1 is 1.26 bits per heavy atom. The van der Waals surface area contributed by atoms with Gasteiger partial charge in [0.05, 0.1) is 4.47 Å². The zero-order chi connectivity index (χ0) is 14.0. The van der Waals surface area contributed by atoms with Crippen molar-refractivity contribution in [3.63, 3.8) is 0 Å². The molecule has 1 aromatic heterocycles. The van der Waals surface area contributed by atoms with E-state index in [4.69, 9.17) is 16.3 Å². The molecule has 6 heteroatoms. The molecule has 2 rings (SSSR count). The molecule has 19 heavy (non-hydrogen) atoms. The van der Waals surface area contributed by atoms with Crippen LogP contribution in [0.4, 0.5) is 4.39 Å². The van der Waals surface area contributed by atoms with Gasteiger partial charge in [-0.25, -0.2) is 9.37 Å². The van der Waals surface area contributed by atoms with Crippen molar-refractivity contribution in [3.8, 4) is 11.6 Å². The van der Waals surface area contributed by atoms with Crippen LogP contribution in [0, 0.1) is 5.82 Å². The van der Waals surface area contributed by atoms with Gasteiger partial charge in [-0.1, -0.05) is 25.4 Å². The molecule has 1 heterocycles. The zero-order valence-corrected chi connectivity index (χ0v) is 12.7. The Balaban J connectivity index is 2.29. The van der Waals surface area contributed by atoms with E-state index in [1.165, 1.54) is 24.3 Å². The molecule has 0 N–H and O–H groups in total. The first kappa shape index (κ1) is 14.2. The van der Waals surface area contributed by atoms with Crippen LogP contribution in [0.15, 0.2) is 28.7 Å². The fourth-order valence-electron chi connectivity index (χ4n) is 1.39. The molecule has 0 aliphatic heterocycles. The van der Waals surface area contributed by atoms with Crippen LogP contribution in [-0.4, -0.2) is 9.97 Å². The lowest BCUT2D eigenvalue weighted by atomic mass is 10.2. The van der Waals surface area contributed by atoms with Crippen LogP contribution in [0.25, 0.3) is 0 Å². The van der Waals surface area contributed by atoms with Crippen molar-refractivity contribution in [3.05, 3.63) is 45.5 Å². The first-order valence-electron chi connectivity index (χ1n) is 5.63. The number of benzene rings is 1. The summed E-state index contributed by atoms with van der Waals surface area (Å²) in [6, 6.07) is 5.88. The van der Waals surface area contributed by atoms with E-state index in [0.717, 1.165) is 0 Å². The minimum absolute atomic E-state index is 0.140. The van der Waals surface area contributed by atoms with Crippen molar-refractivity contribution in [2.75, 3.05) is 0 Å². The third kappa shape index (κ3) is 3.64. The Hall–Kier alpha value is -1.20. The van der Waals surface area contributed by atoms with E-state index in [1.807, 2.05) is 13.8 Å². The van der Waals surface area contributed by atoms with Gasteiger partial charge in [-0.3, -0.25) is 0 Å². The smallest absolute Gasteiger partial charge is 0.224 e. The molecule has 0 saturated heterocycles. The minimum Gasteiger partial charge on any atom is -0.439 e. The fourth-order valence-corrected chi connectivity index (χ4v) is 1.92. The number of hydrogen-bond acceptors (Lipinski definition) is 3. The maximum atomic E-state index is 13.1. The second-order valence-electron chi connectivity index (χ2n) is 4.22. The van der Waals surface area contributed by atoms with Crippen LogP contribution >= 0.6 is 27.5 Å². The highest BCUT2D eigenvalue weighted by Gasteiger charge is 2.09. The third-order valence-electron chi connectivity index (χ3n) is 2.32. The number of ether oxygens (including phenoxy) is 1. The summed E-state index contributed by atoms with van der Waals surface area (Å²) >= 11 is 9.01. The molecule has 0 aliphatic carbocycles. The Kier molecular flexibility index (Phi) is 4.37. The molecule has 0 bridgehead atoms. The quantitative estimate of drug-likeness (QED) is 0.738. The topological polar surface area (TPSA) is 35.0 Å². The van der Waals surface area contributed by atoms with Gasteiger partial charge in [-0.15, -0.1) is 0 Å². The summed E-state index contributed by atoms with van der Waals surface area (Å²) in [7, 11) is 0. The summed E-state index contributed by atoms with van der Waals surface area (Å²) in [6.07, 6.45) is 0. The number of halogens is 3. The molecule has 0 aliphatic rings. The van der Waals surface area contributed by atoms with Gasteiger partial charge in [0, 0.05) is 12.0 Å². The Bertz CT molecular complexity index is 607. The van der Waals surface area contributed by atoms with E-state index in [2.05, 4.69) is 25.9 Å². The van der Waals surface area contributed by atoms with E-state index < -0.39 is 0 Å². The lowest BCUT2D eigenvalue weighted by Crippen LogP contribution is -1.99. The second-order valence-corrected chi connectivity index (χ2v) is 5.46. The normalized spacial score (nSPS) is 10.8. The van der Waals surface area contributed by atoms with Gasteiger partial charge < -0.3 is 4.74 Å². The average Bonchev–Trinajstić information content (AvgIpc) is 2.33. The largest absolute Gasteiger partial charge is 0.439 e. The molecule has 0 fully saturated rings. The van der Waals surface area contributed by atoms with Crippen LogP contribution in [0.3, 0.4) is 0 Å². The molecule has 0 radical (unpaired) electrons. The fraction of sp³-hybridized carbons (Fsp3) is 0.231. The molecule has 0 amide bonds. The van der Waals surface area contributed by atoms with Gasteiger partial charge in [0.2, 0.25) is 5.88 Å². The van der Waals surface area contributed by atoms with Crippen LogP contribution in [0.2, 0.25) is 5.15 Å². The van der Waals surface area contributed by atoms with Gasteiger partial charge in [-0.05, 0) is 34.1 Å². The number of hydrogen-bond donors (Lipinski definition) is 0. The number of aromatic nitrogens is 2. The standard InChI is InChI=1S/C13H11BrClFN2O/c1-7(2)13-17-11(15)6-12(18-13)19-8-3-4-10(16)9(14)5-8/h3-7H,1-2H3. The molecule has 100 valence electrons. The number of rotatable bonds is 3. The Labute approximate surface area is 123 Å². The van der Waals surface area contributed by atoms with E-state index in [0.29, 0.717) is 27.1 Å². The molecule has 3 nitrogen and oxygen atoms in total. The third-order valence-corrected chi connectivity index (χ3v) is 3.12. The van der Waals surface area contributed by atoms with E-state index >= 15 is 0 Å². The van der Waals surface area contributed by atoms with Crippen LogP contribution in [-0.2, 0) is 0 Å². The van der Waals surface area contributed by atoms with Crippen molar-refractivity contribution in [1.29, 1.82) is 0 Å². The molecule has 0 atom stereocenters. The molecule has 0 unspecified atom stereocenters. The van der Waals surface area contributed by atoms with Crippen LogP contribution in [0.1, 0.15) is 25.6 Å². The molecule has 0 saturated carbocycles. The highest BCUT2D eigenvalue weighted by Crippen LogP contribution is 2.27. The summed E-state index contributed by atoms with van der Waals surface area (Å²) in [5.74, 6) is 1.19. The SMILES string of the molecule is CC(C)c1nc(Cl)cc(Oc2ccc(F)c(Br)c2)n1. The van der Waals surface area contributed by atoms with Gasteiger partial charge >= 0.3 is 0 Å². The lowest BCUT2D eigenvalue weighted by Gasteiger charge is -2.09. The first-order chi connectivity index (χ1) is 8.95. The Morgan fingerprint density at radius 2 is 2.00 bits per heavy atom. The molecular weight excluding hydrogens is 335 g/mol. The molecule has 0 spiro atoms. The average molecular weight is 346 g/mol. The summed E-state index contributed by atoms with van der Waals surface area (Å²) in [4.78, 5) is 8.37.